The number of hydrogen-bond donors (Lipinski definition) is 2. The van der Waals surface area contributed by atoms with Crippen molar-refractivity contribution < 1.29 is 4.79 Å². The Hall–Kier alpha value is -0.390. The second-order valence-corrected chi connectivity index (χ2v) is 6.13. The molecule has 16 heavy (non-hydrogen) atoms. The third-order valence-electron chi connectivity index (χ3n) is 2.38. The van der Waals surface area contributed by atoms with Crippen LogP contribution in [0.25, 0.3) is 0 Å². The lowest BCUT2D eigenvalue weighted by atomic mass is 10.1. The van der Waals surface area contributed by atoms with Gasteiger partial charge >= 0.3 is 0 Å². The Kier molecular flexibility index (Phi) is 6.01. The average Bonchev–Trinajstić information content (AvgIpc) is 2.68. The second-order valence-electron chi connectivity index (χ2n) is 3.59. The largest absolute Gasteiger partial charge is 0.351 e. The van der Waals surface area contributed by atoms with Crippen molar-refractivity contribution in [3.8, 4) is 0 Å². The van der Waals surface area contributed by atoms with Crippen LogP contribution in [-0.4, -0.2) is 19.5 Å². The predicted molar refractivity (Wildman–Crippen MR) is 71.6 cm³/mol. The van der Waals surface area contributed by atoms with Crippen LogP contribution >= 0.6 is 27.3 Å². The molecule has 0 aliphatic rings. The lowest BCUT2D eigenvalue weighted by molar-refractivity contribution is -0.125. The van der Waals surface area contributed by atoms with Crippen LogP contribution in [0.2, 0.25) is 0 Å². The van der Waals surface area contributed by atoms with Gasteiger partial charge in [-0.05, 0) is 41.5 Å². The first kappa shape index (κ1) is 13.7. The van der Waals surface area contributed by atoms with Crippen molar-refractivity contribution in [2.24, 2.45) is 5.92 Å². The third-order valence-corrected chi connectivity index (χ3v) is 4.00. The van der Waals surface area contributed by atoms with Gasteiger partial charge in [0.1, 0.15) is 0 Å². The molecule has 0 saturated carbocycles. The first-order valence-electron chi connectivity index (χ1n) is 5.33. The number of carbonyl (C=O) groups is 1. The molecule has 3 nitrogen and oxygen atoms in total. The van der Waals surface area contributed by atoms with Gasteiger partial charge in [0.25, 0.3) is 0 Å². The van der Waals surface area contributed by atoms with E-state index >= 15 is 0 Å². The number of carbonyl (C=O) groups excluding carboxylic acids is 1. The fourth-order valence-electron chi connectivity index (χ4n) is 1.43. The summed E-state index contributed by atoms with van der Waals surface area (Å²) in [7, 11) is 1.87. The van der Waals surface area contributed by atoms with Crippen LogP contribution in [0.3, 0.4) is 0 Å². The summed E-state index contributed by atoms with van der Waals surface area (Å²) in [5.74, 6) is 0.190. The van der Waals surface area contributed by atoms with Gasteiger partial charge in [-0.2, -0.15) is 0 Å². The Morgan fingerprint density at radius 1 is 1.56 bits per heavy atom. The van der Waals surface area contributed by atoms with Crippen molar-refractivity contribution >= 4 is 33.2 Å². The van der Waals surface area contributed by atoms with Crippen LogP contribution in [0, 0.1) is 5.92 Å². The van der Waals surface area contributed by atoms with Gasteiger partial charge in [-0.1, -0.05) is 6.92 Å². The summed E-state index contributed by atoms with van der Waals surface area (Å²) >= 11 is 5.05. The quantitative estimate of drug-likeness (QED) is 0.847. The van der Waals surface area contributed by atoms with Crippen LogP contribution in [-0.2, 0) is 11.3 Å². The van der Waals surface area contributed by atoms with Crippen LogP contribution in [0.5, 0.6) is 0 Å². The second kappa shape index (κ2) is 7.04. The maximum atomic E-state index is 11.8. The van der Waals surface area contributed by atoms with E-state index in [1.165, 1.54) is 4.88 Å². The zero-order valence-corrected chi connectivity index (χ0v) is 12.0. The molecule has 0 fully saturated rings. The number of rotatable bonds is 6. The molecule has 1 amide bonds. The Labute approximate surface area is 109 Å². The van der Waals surface area contributed by atoms with E-state index in [1.54, 1.807) is 11.3 Å². The Morgan fingerprint density at radius 2 is 2.31 bits per heavy atom. The molecule has 1 atom stereocenters. The Bertz CT molecular complexity index is 340. The van der Waals surface area contributed by atoms with Crippen molar-refractivity contribution in [1.29, 1.82) is 0 Å². The topological polar surface area (TPSA) is 41.1 Å². The molecule has 90 valence electrons. The Balaban J connectivity index is 2.39. The van der Waals surface area contributed by atoms with E-state index in [0.29, 0.717) is 6.54 Å². The molecule has 1 heterocycles. The molecule has 2 N–H and O–H groups in total. The highest BCUT2D eigenvalue weighted by Gasteiger charge is 2.14. The average molecular weight is 305 g/mol. The van der Waals surface area contributed by atoms with E-state index in [2.05, 4.69) is 26.6 Å². The van der Waals surface area contributed by atoms with Gasteiger partial charge < -0.3 is 10.6 Å². The van der Waals surface area contributed by atoms with Crippen LogP contribution in [0.4, 0.5) is 0 Å². The highest BCUT2D eigenvalue weighted by molar-refractivity contribution is 9.11. The molecule has 0 radical (unpaired) electrons. The van der Waals surface area contributed by atoms with Crippen LogP contribution < -0.4 is 10.6 Å². The summed E-state index contributed by atoms with van der Waals surface area (Å²) in [6, 6.07) is 4.02. The van der Waals surface area contributed by atoms with E-state index in [0.717, 1.165) is 16.8 Å². The molecule has 1 aromatic heterocycles. The van der Waals surface area contributed by atoms with E-state index in [1.807, 2.05) is 26.1 Å². The number of nitrogens with one attached hydrogen (secondary N) is 2. The van der Waals surface area contributed by atoms with Gasteiger partial charge in [-0.25, -0.2) is 0 Å². The lowest BCUT2D eigenvalue weighted by Gasteiger charge is -2.13. The van der Waals surface area contributed by atoms with Crippen molar-refractivity contribution in [3.05, 3.63) is 20.8 Å². The van der Waals surface area contributed by atoms with E-state index in [9.17, 15) is 4.79 Å². The minimum absolute atomic E-state index is 0.0633. The number of hydrogen-bond acceptors (Lipinski definition) is 3. The first-order valence-corrected chi connectivity index (χ1v) is 6.94. The van der Waals surface area contributed by atoms with Gasteiger partial charge in [0, 0.05) is 11.4 Å². The van der Waals surface area contributed by atoms with Crippen molar-refractivity contribution in [3.63, 3.8) is 0 Å². The van der Waals surface area contributed by atoms with E-state index < -0.39 is 0 Å². The highest BCUT2D eigenvalue weighted by atomic mass is 79.9. The van der Waals surface area contributed by atoms with Gasteiger partial charge in [0.15, 0.2) is 0 Å². The Morgan fingerprint density at radius 3 is 2.81 bits per heavy atom. The number of halogens is 1. The molecule has 1 aromatic rings. The fourth-order valence-corrected chi connectivity index (χ4v) is 2.86. The van der Waals surface area contributed by atoms with E-state index in [4.69, 9.17) is 0 Å². The van der Waals surface area contributed by atoms with Crippen molar-refractivity contribution in [1.82, 2.24) is 10.6 Å². The summed E-state index contributed by atoms with van der Waals surface area (Å²) < 4.78 is 1.10. The van der Waals surface area contributed by atoms with Gasteiger partial charge in [0.05, 0.1) is 16.2 Å². The normalized spacial score (nSPS) is 12.4. The zero-order chi connectivity index (χ0) is 12.0. The van der Waals surface area contributed by atoms with Crippen LogP contribution in [0.15, 0.2) is 15.9 Å². The lowest BCUT2D eigenvalue weighted by Crippen LogP contribution is -2.35. The highest BCUT2D eigenvalue weighted by Crippen LogP contribution is 2.21. The molecule has 0 spiro atoms. The zero-order valence-electron chi connectivity index (χ0n) is 9.55. The summed E-state index contributed by atoms with van der Waals surface area (Å²) in [4.78, 5) is 13.0. The first-order chi connectivity index (χ1) is 7.67. The van der Waals surface area contributed by atoms with Gasteiger partial charge in [-0.3, -0.25) is 4.79 Å². The number of amides is 1. The fraction of sp³-hybridized carbons (Fsp3) is 0.545. The molecule has 0 bridgehead atoms. The maximum Gasteiger partial charge on any atom is 0.224 e. The molecule has 0 aliphatic heterocycles. The summed E-state index contributed by atoms with van der Waals surface area (Å²) in [5, 5.41) is 5.99. The van der Waals surface area contributed by atoms with E-state index in [-0.39, 0.29) is 11.8 Å². The summed E-state index contributed by atoms with van der Waals surface area (Å²) in [5.41, 5.74) is 0. The molecule has 0 aromatic carbocycles. The van der Waals surface area contributed by atoms with Crippen LogP contribution in [0.1, 0.15) is 18.2 Å². The number of thiophene rings is 1. The third kappa shape index (κ3) is 4.23. The smallest absolute Gasteiger partial charge is 0.224 e. The SMILES string of the molecule is CCC(CNC)C(=O)NCc1ccc(Br)s1. The van der Waals surface area contributed by atoms with Gasteiger partial charge in [0.2, 0.25) is 5.91 Å². The van der Waals surface area contributed by atoms with Crippen molar-refractivity contribution in [2.45, 2.75) is 19.9 Å². The van der Waals surface area contributed by atoms with Gasteiger partial charge in [-0.15, -0.1) is 11.3 Å². The summed E-state index contributed by atoms with van der Waals surface area (Å²) in [6.07, 6.45) is 0.862. The molecular weight excluding hydrogens is 288 g/mol. The summed E-state index contributed by atoms with van der Waals surface area (Å²) in [6.45, 7) is 3.38. The molecular formula is C11H17BrN2OS. The molecule has 5 heteroatoms. The minimum Gasteiger partial charge on any atom is -0.351 e. The van der Waals surface area contributed by atoms with Crippen molar-refractivity contribution in [2.75, 3.05) is 13.6 Å². The molecule has 0 aliphatic carbocycles. The molecule has 1 unspecified atom stereocenters. The minimum atomic E-state index is 0.0633. The maximum absolute atomic E-state index is 11.8. The molecule has 1 rings (SSSR count). The molecule has 0 saturated heterocycles. The standard InChI is InChI=1S/C11H17BrN2OS/c1-3-8(6-13-2)11(15)14-7-9-4-5-10(12)16-9/h4-5,8,13H,3,6-7H2,1-2H3,(H,14,15). The monoisotopic (exact) mass is 304 g/mol. The predicted octanol–water partition coefficient (Wildman–Crippen LogP) is 2.37.